The van der Waals surface area contributed by atoms with Gasteiger partial charge in [-0.3, -0.25) is 9.48 Å². The maximum Gasteiger partial charge on any atom is 0.318 e. The number of benzene rings is 1. The Morgan fingerprint density at radius 2 is 1.66 bits per heavy atom. The number of hydrogen-bond donors (Lipinski definition) is 1. The second-order valence-corrected chi connectivity index (χ2v) is 9.38. The summed E-state index contributed by atoms with van der Waals surface area (Å²) in [5.41, 5.74) is 3.61. The van der Waals surface area contributed by atoms with E-state index in [4.69, 9.17) is 0 Å². The molecule has 7 heteroatoms. The van der Waals surface area contributed by atoms with Crippen LogP contribution in [0.4, 0.5) is 4.79 Å². The van der Waals surface area contributed by atoms with E-state index >= 15 is 0 Å². The van der Waals surface area contributed by atoms with Crippen LogP contribution in [0, 0.1) is 5.92 Å². The molecule has 1 N–H and O–H groups in total. The second kappa shape index (κ2) is 9.35. The summed E-state index contributed by atoms with van der Waals surface area (Å²) >= 11 is 0. The van der Waals surface area contributed by atoms with E-state index in [0.29, 0.717) is 32.1 Å². The first kappa shape index (κ1) is 21.0. The standard InChI is InChI=1S/C25H33N5O2/c31-24(20-9-4-5-10-20)28-13-15-29(16-14-28)25(32)27-22-11-6-12-23-21(22)17-26-30(23)18-19-7-2-1-3-8-19/h1-3,7-8,17,20,22H,4-6,9-16,18H2,(H,27,32). The van der Waals surface area contributed by atoms with Crippen molar-refractivity contribution in [3.05, 3.63) is 53.3 Å². The predicted molar refractivity (Wildman–Crippen MR) is 122 cm³/mol. The lowest BCUT2D eigenvalue weighted by Crippen LogP contribution is -2.54. The highest BCUT2D eigenvalue weighted by molar-refractivity contribution is 5.80. The van der Waals surface area contributed by atoms with Crippen molar-refractivity contribution in [2.24, 2.45) is 5.92 Å². The molecule has 2 heterocycles. The third kappa shape index (κ3) is 4.38. The number of rotatable bonds is 4. The van der Waals surface area contributed by atoms with E-state index in [1.54, 1.807) is 0 Å². The summed E-state index contributed by atoms with van der Waals surface area (Å²) in [6, 6.07) is 10.4. The second-order valence-electron chi connectivity index (χ2n) is 9.38. The zero-order valence-electron chi connectivity index (χ0n) is 18.7. The Balaban J connectivity index is 1.18. The molecule has 1 aliphatic heterocycles. The van der Waals surface area contributed by atoms with Crippen molar-refractivity contribution in [1.29, 1.82) is 0 Å². The van der Waals surface area contributed by atoms with Crippen molar-refractivity contribution >= 4 is 11.9 Å². The van der Waals surface area contributed by atoms with Crippen molar-refractivity contribution in [2.45, 2.75) is 57.5 Å². The molecule has 1 unspecified atom stereocenters. The molecule has 2 fully saturated rings. The molecule has 1 saturated heterocycles. The van der Waals surface area contributed by atoms with Crippen LogP contribution in [0.15, 0.2) is 36.5 Å². The molecule has 5 rings (SSSR count). The lowest BCUT2D eigenvalue weighted by molar-refractivity contribution is -0.136. The number of carbonyl (C=O) groups excluding carboxylic acids is 2. The van der Waals surface area contributed by atoms with Gasteiger partial charge in [0.05, 0.1) is 18.8 Å². The quantitative estimate of drug-likeness (QED) is 0.801. The average Bonchev–Trinajstić information content (AvgIpc) is 3.51. The molecule has 1 atom stereocenters. The largest absolute Gasteiger partial charge is 0.339 e. The van der Waals surface area contributed by atoms with Gasteiger partial charge in [-0.2, -0.15) is 5.10 Å². The van der Waals surface area contributed by atoms with Gasteiger partial charge in [-0.25, -0.2) is 4.79 Å². The molecule has 0 radical (unpaired) electrons. The molecule has 3 aliphatic rings. The Hall–Kier alpha value is -2.83. The molecule has 3 amide bonds. The summed E-state index contributed by atoms with van der Waals surface area (Å²) in [7, 11) is 0. The number of aromatic nitrogens is 2. The Kier molecular flexibility index (Phi) is 6.14. The number of amides is 3. The van der Waals surface area contributed by atoms with Gasteiger partial charge in [0.1, 0.15) is 0 Å². The SMILES string of the molecule is O=C(NC1CCCc2c1cnn2Cc1ccccc1)N1CCN(C(=O)C2CCCC2)CC1. The van der Waals surface area contributed by atoms with Gasteiger partial charge in [0.25, 0.3) is 0 Å². The van der Waals surface area contributed by atoms with Gasteiger partial charge in [-0.05, 0) is 37.7 Å². The molecule has 2 aromatic rings. The van der Waals surface area contributed by atoms with Crippen molar-refractivity contribution < 1.29 is 9.59 Å². The van der Waals surface area contributed by atoms with E-state index < -0.39 is 0 Å². The summed E-state index contributed by atoms with van der Waals surface area (Å²) in [6.45, 7) is 3.27. The van der Waals surface area contributed by atoms with Gasteiger partial charge in [-0.15, -0.1) is 0 Å². The smallest absolute Gasteiger partial charge is 0.318 e. The van der Waals surface area contributed by atoms with E-state index in [1.165, 1.54) is 24.1 Å². The monoisotopic (exact) mass is 435 g/mol. The van der Waals surface area contributed by atoms with Crippen LogP contribution in [-0.2, 0) is 17.8 Å². The highest BCUT2D eigenvalue weighted by Crippen LogP contribution is 2.30. The van der Waals surface area contributed by atoms with Gasteiger partial charge in [0, 0.05) is 43.4 Å². The maximum atomic E-state index is 13.0. The third-order valence-electron chi connectivity index (χ3n) is 7.32. The normalized spacial score (nSPS) is 21.4. The van der Waals surface area contributed by atoms with E-state index in [2.05, 4.69) is 39.4 Å². The van der Waals surface area contributed by atoms with Gasteiger partial charge in [0.2, 0.25) is 5.91 Å². The molecule has 170 valence electrons. The molecular formula is C25H33N5O2. The molecule has 32 heavy (non-hydrogen) atoms. The van der Waals surface area contributed by atoms with Crippen LogP contribution in [0.5, 0.6) is 0 Å². The van der Waals surface area contributed by atoms with E-state index in [0.717, 1.165) is 44.2 Å². The number of nitrogens with one attached hydrogen (secondary N) is 1. The minimum atomic E-state index is -0.0216. The fourth-order valence-electron chi connectivity index (χ4n) is 5.46. The Labute approximate surface area is 189 Å². The zero-order chi connectivity index (χ0) is 21.9. The number of piperazine rings is 1. The summed E-state index contributed by atoms with van der Waals surface area (Å²) in [6.07, 6.45) is 9.31. The first-order valence-electron chi connectivity index (χ1n) is 12.1. The number of urea groups is 1. The van der Waals surface area contributed by atoms with Gasteiger partial charge in [-0.1, -0.05) is 43.2 Å². The Morgan fingerprint density at radius 1 is 0.938 bits per heavy atom. The van der Waals surface area contributed by atoms with Crippen LogP contribution in [-0.4, -0.2) is 57.7 Å². The number of nitrogens with zero attached hydrogens (tertiary/aromatic N) is 4. The average molecular weight is 436 g/mol. The lowest BCUT2D eigenvalue weighted by Gasteiger charge is -2.37. The highest BCUT2D eigenvalue weighted by Gasteiger charge is 2.32. The summed E-state index contributed by atoms with van der Waals surface area (Å²) in [5, 5.41) is 7.89. The van der Waals surface area contributed by atoms with Crippen LogP contribution in [0.2, 0.25) is 0 Å². The molecule has 0 spiro atoms. The molecular weight excluding hydrogens is 402 g/mol. The highest BCUT2D eigenvalue weighted by atomic mass is 16.2. The minimum Gasteiger partial charge on any atom is -0.339 e. The minimum absolute atomic E-state index is 0.00826. The first-order valence-corrected chi connectivity index (χ1v) is 12.1. The lowest BCUT2D eigenvalue weighted by atomic mass is 9.93. The first-order chi connectivity index (χ1) is 15.7. The van der Waals surface area contributed by atoms with Crippen LogP contribution in [0.1, 0.15) is 61.4 Å². The van der Waals surface area contributed by atoms with Crippen LogP contribution in [0.3, 0.4) is 0 Å². The predicted octanol–water partition coefficient (Wildman–Crippen LogP) is 3.35. The van der Waals surface area contributed by atoms with Crippen LogP contribution < -0.4 is 5.32 Å². The summed E-state index contributed by atoms with van der Waals surface area (Å²) in [4.78, 5) is 29.5. The van der Waals surface area contributed by atoms with Crippen LogP contribution >= 0.6 is 0 Å². The van der Waals surface area contributed by atoms with Gasteiger partial charge in [0.15, 0.2) is 0 Å². The van der Waals surface area contributed by atoms with E-state index in [9.17, 15) is 9.59 Å². The van der Waals surface area contributed by atoms with Crippen molar-refractivity contribution in [3.63, 3.8) is 0 Å². The van der Waals surface area contributed by atoms with Gasteiger partial charge >= 0.3 is 6.03 Å². The molecule has 1 aromatic heterocycles. The topological polar surface area (TPSA) is 70.5 Å². The summed E-state index contributed by atoms with van der Waals surface area (Å²) < 4.78 is 2.08. The third-order valence-corrected chi connectivity index (χ3v) is 7.32. The number of fused-ring (bicyclic) bond motifs is 1. The summed E-state index contributed by atoms with van der Waals surface area (Å²) in [5.74, 6) is 0.508. The van der Waals surface area contributed by atoms with Crippen molar-refractivity contribution in [3.8, 4) is 0 Å². The van der Waals surface area contributed by atoms with Crippen molar-refractivity contribution in [2.75, 3.05) is 26.2 Å². The zero-order valence-corrected chi connectivity index (χ0v) is 18.7. The number of hydrogen-bond acceptors (Lipinski definition) is 3. The molecule has 7 nitrogen and oxygen atoms in total. The van der Waals surface area contributed by atoms with E-state index in [-0.39, 0.29) is 18.0 Å². The fourth-order valence-corrected chi connectivity index (χ4v) is 5.46. The fraction of sp³-hybridized carbons (Fsp3) is 0.560. The Bertz CT molecular complexity index is 942. The van der Waals surface area contributed by atoms with Crippen LogP contribution in [0.25, 0.3) is 0 Å². The molecule has 0 bridgehead atoms. The number of carbonyl (C=O) groups is 2. The molecule has 2 aliphatic carbocycles. The Morgan fingerprint density at radius 3 is 2.41 bits per heavy atom. The molecule has 1 aromatic carbocycles. The van der Waals surface area contributed by atoms with E-state index in [1.807, 2.05) is 22.1 Å². The maximum absolute atomic E-state index is 13.0. The van der Waals surface area contributed by atoms with Crippen molar-refractivity contribution in [1.82, 2.24) is 24.9 Å². The molecule has 1 saturated carbocycles. The van der Waals surface area contributed by atoms with Gasteiger partial charge < -0.3 is 15.1 Å².